The second-order valence-corrected chi connectivity index (χ2v) is 8.06. The first kappa shape index (κ1) is 16.4. The summed E-state index contributed by atoms with van der Waals surface area (Å²) in [4.78, 5) is 1.34. The summed E-state index contributed by atoms with van der Waals surface area (Å²) in [5.74, 6) is 0.840. The molecule has 0 amide bonds. The smallest absolute Gasteiger partial charge is 0.142 e. The quantitative estimate of drug-likeness (QED) is 0.385. The van der Waals surface area contributed by atoms with Gasteiger partial charge in [-0.05, 0) is 52.9 Å². The van der Waals surface area contributed by atoms with Gasteiger partial charge in [0.05, 0.1) is 23.2 Å². The SMILES string of the molecule is COc1ccccc1Nc1c2ccccc2c(Br)c2sc(C)c(C)c12. The van der Waals surface area contributed by atoms with E-state index in [2.05, 4.69) is 65.4 Å². The Morgan fingerprint density at radius 2 is 1.64 bits per heavy atom. The predicted octanol–water partition coefficient (Wildman–Crippen LogP) is 7.19. The van der Waals surface area contributed by atoms with E-state index in [1.807, 2.05) is 29.5 Å². The summed E-state index contributed by atoms with van der Waals surface area (Å²) >= 11 is 5.67. The Labute approximate surface area is 159 Å². The Balaban J connectivity index is 2.08. The second kappa shape index (κ2) is 6.36. The molecule has 0 unspecified atom stereocenters. The van der Waals surface area contributed by atoms with E-state index < -0.39 is 0 Å². The first-order valence-corrected chi connectivity index (χ1v) is 9.72. The highest BCUT2D eigenvalue weighted by Crippen LogP contribution is 2.47. The van der Waals surface area contributed by atoms with E-state index in [9.17, 15) is 0 Å². The number of anilines is 2. The molecule has 0 radical (unpaired) electrons. The topological polar surface area (TPSA) is 21.3 Å². The minimum atomic E-state index is 0.840. The maximum atomic E-state index is 5.53. The van der Waals surface area contributed by atoms with E-state index in [1.165, 1.54) is 35.8 Å². The number of thiophene rings is 1. The molecule has 0 aliphatic heterocycles. The zero-order chi connectivity index (χ0) is 17.6. The molecule has 0 aliphatic carbocycles. The molecule has 0 atom stereocenters. The van der Waals surface area contributed by atoms with E-state index in [0.29, 0.717) is 0 Å². The molecule has 0 spiro atoms. The van der Waals surface area contributed by atoms with Gasteiger partial charge in [0.15, 0.2) is 0 Å². The van der Waals surface area contributed by atoms with E-state index in [4.69, 9.17) is 4.74 Å². The number of benzene rings is 3. The fourth-order valence-corrected chi connectivity index (χ4v) is 5.15. The fourth-order valence-electron chi connectivity index (χ4n) is 3.24. The highest BCUT2D eigenvalue weighted by molar-refractivity contribution is 9.11. The lowest BCUT2D eigenvalue weighted by atomic mass is 10.0. The summed E-state index contributed by atoms with van der Waals surface area (Å²) in [6, 6.07) is 16.5. The lowest BCUT2D eigenvalue weighted by molar-refractivity contribution is 0.417. The van der Waals surface area contributed by atoms with Gasteiger partial charge in [-0.1, -0.05) is 36.4 Å². The molecule has 1 heterocycles. The summed E-state index contributed by atoms with van der Waals surface area (Å²) in [5.41, 5.74) is 3.44. The summed E-state index contributed by atoms with van der Waals surface area (Å²) in [6.07, 6.45) is 0. The fraction of sp³-hybridized carbons (Fsp3) is 0.143. The van der Waals surface area contributed by atoms with Crippen molar-refractivity contribution in [3.05, 3.63) is 63.4 Å². The molecule has 2 nitrogen and oxygen atoms in total. The van der Waals surface area contributed by atoms with Crippen molar-refractivity contribution in [2.75, 3.05) is 12.4 Å². The number of para-hydroxylation sites is 2. The molecular formula is C21H18BrNOS. The van der Waals surface area contributed by atoms with Crippen LogP contribution in [0.15, 0.2) is 53.0 Å². The van der Waals surface area contributed by atoms with Crippen molar-refractivity contribution in [3.63, 3.8) is 0 Å². The lowest BCUT2D eigenvalue weighted by Crippen LogP contribution is -1.97. The molecule has 126 valence electrons. The van der Waals surface area contributed by atoms with Crippen LogP contribution in [0.1, 0.15) is 10.4 Å². The Kier molecular flexibility index (Phi) is 4.18. The van der Waals surface area contributed by atoms with Gasteiger partial charge in [-0.15, -0.1) is 11.3 Å². The zero-order valence-corrected chi connectivity index (χ0v) is 16.7. The van der Waals surface area contributed by atoms with Crippen molar-refractivity contribution >= 4 is 59.5 Å². The van der Waals surface area contributed by atoms with Crippen LogP contribution in [0.25, 0.3) is 20.9 Å². The van der Waals surface area contributed by atoms with Crippen molar-refractivity contribution < 1.29 is 4.74 Å². The van der Waals surface area contributed by atoms with Crippen LogP contribution in [0, 0.1) is 13.8 Å². The number of nitrogens with one attached hydrogen (secondary N) is 1. The van der Waals surface area contributed by atoms with Gasteiger partial charge in [-0.3, -0.25) is 0 Å². The van der Waals surface area contributed by atoms with Crippen molar-refractivity contribution in [1.82, 2.24) is 0 Å². The normalized spacial score (nSPS) is 11.2. The molecule has 0 bridgehead atoms. The van der Waals surface area contributed by atoms with Crippen molar-refractivity contribution in [2.24, 2.45) is 0 Å². The first-order chi connectivity index (χ1) is 12.1. The van der Waals surface area contributed by atoms with Crippen molar-refractivity contribution in [1.29, 1.82) is 0 Å². The van der Waals surface area contributed by atoms with E-state index in [-0.39, 0.29) is 0 Å². The molecule has 0 aliphatic rings. The molecule has 25 heavy (non-hydrogen) atoms. The minimum Gasteiger partial charge on any atom is -0.495 e. The summed E-state index contributed by atoms with van der Waals surface area (Å²) in [6.45, 7) is 4.38. The van der Waals surface area contributed by atoms with Gasteiger partial charge in [0.1, 0.15) is 5.75 Å². The Morgan fingerprint density at radius 3 is 2.40 bits per heavy atom. The number of aryl methyl sites for hydroxylation is 2. The van der Waals surface area contributed by atoms with E-state index >= 15 is 0 Å². The summed E-state index contributed by atoms with van der Waals surface area (Å²) in [7, 11) is 1.70. The van der Waals surface area contributed by atoms with Gasteiger partial charge in [-0.2, -0.15) is 0 Å². The maximum absolute atomic E-state index is 5.53. The molecule has 1 aromatic heterocycles. The molecule has 4 heteroatoms. The van der Waals surface area contributed by atoms with Crippen LogP contribution in [0.2, 0.25) is 0 Å². The maximum Gasteiger partial charge on any atom is 0.142 e. The largest absolute Gasteiger partial charge is 0.495 e. The van der Waals surface area contributed by atoms with E-state index in [1.54, 1.807) is 7.11 Å². The van der Waals surface area contributed by atoms with Gasteiger partial charge in [0, 0.05) is 20.1 Å². The van der Waals surface area contributed by atoms with Gasteiger partial charge < -0.3 is 10.1 Å². The standard InChI is InChI=1S/C21H18BrNOS/c1-12-13(2)25-21-18(12)20(15-9-5-4-8-14(15)19(21)22)23-16-10-6-7-11-17(16)24-3/h4-11,23H,1-3H3. The molecule has 0 saturated carbocycles. The number of fused-ring (bicyclic) bond motifs is 2. The van der Waals surface area contributed by atoms with Crippen LogP contribution >= 0.6 is 27.3 Å². The number of halogens is 1. The highest BCUT2D eigenvalue weighted by atomic mass is 79.9. The van der Waals surface area contributed by atoms with Crippen LogP contribution in [-0.2, 0) is 0 Å². The lowest BCUT2D eigenvalue weighted by Gasteiger charge is -2.16. The van der Waals surface area contributed by atoms with Crippen molar-refractivity contribution in [2.45, 2.75) is 13.8 Å². The Bertz CT molecular complexity index is 1100. The monoisotopic (exact) mass is 411 g/mol. The molecule has 3 aromatic carbocycles. The summed E-state index contributed by atoms with van der Waals surface area (Å²) < 4.78 is 7.99. The molecule has 4 aromatic rings. The third-order valence-electron chi connectivity index (χ3n) is 4.63. The van der Waals surface area contributed by atoms with Crippen molar-refractivity contribution in [3.8, 4) is 5.75 Å². The van der Waals surface area contributed by atoms with Crippen LogP contribution in [0.4, 0.5) is 11.4 Å². The predicted molar refractivity (Wildman–Crippen MR) is 113 cm³/mol. The second-order valence-electron chi connectivity index (χ2n) is 6.05. The number of methoxy groups -OCH3 is 1. The average molecular weight is 412 g/mol. The minimum absolute atomic E-state index is 0.840. The number of hydrogen-bond acceptors (Lipinski definition) is 3. The molecule has 4 rings (SSSR count). The first-order valence-electron chi connectivity index (χ1n) is 8.11. The summed E-state index contributed by atoms with van der Waals surface area (Å²) in [5, 5.41) is 7.35. The Hall–Kier alpha value is -2.04. The molecule has 0 fully saturated rings. The van der Waals surface area contributed by atoms with Gasteiger partial charge >= 0.3 is 0 Å². The van der Waals surface area contributed by atoms with Crippen LogP contribution < -0.4 is 10.1 Å². The zero-order valence-electron chi connectivity index (χ0n) is 14.3. The highest BCUT2D eigenvalue weighted by Gasteiger charge is 2.18. The Morgan fingerprint density at radius 1 is 0.960 bits per heavy atom. The van der Waals surface area contributed by atoms with Crippen LogP contribution in [0.5, 0.6) is 5.75 Å². The van der Waals surface area contributed by atoms with Gasteiger partial charge in [-0.25, -0.2) is 0 Å². The molecule has 0 saturated heterocycles. The number of hydrogen-bond donors (Lipinski definition) is 1. The van der Waals surface area contributed by atoms with Crippen LogP contribution in [-0.4, -0.2) is 7.11 Å². The van der Waals surface area contributed by atoms with Gasteiger partial charge in [0.2, 0.25) is 0 Å². The van der Waals surface area contributed by atoms with Gasteiger partial charge in [0.25, 0.3) is 0 Å². The van der Waals surface area contributed by atoms with Crippen LogP contribution in [0.3, 0.4) is 0 Å². The molecular weight excluding hydrogens is 394 g/mol. The average Bonchev–Trinajstić information content (AvgIpc) is 2.94. The van der Waals surface area contributed by atoms with E-state index in [0.717, 1.165) is 17.1 Å². The number of rotatable bonds is 3. The number of ether oxygens (including phenoxy) is 1. The molecule has 1 N–H and O–H groups in total. The third-order valence-corrected chi connectivity index (χ3v) is 6.95. The third kappa shape index (κ3) is 2.60.